The number of imidazole rings is 2. The lowest BCUT2D eigenvalue weighted by Crippen LogP contribution is -1.98. The zero-order chi connectivity index (χ0) is 82.9. The second kappa shape index (κ2) is 29.5. The monoisotopic (exact) mass is 1600 g/mol. The topological polar surface area (TPSA) is 61.4 Å². The van der Waals surface area contributed by atoms with Crippen LogP contribution in [-0.2, 0) is 0 Å². The summed E-state index contributed by atoms with van der Waals surface area (Å²) < 4.78 is 4.56. The van der Waals surface area contributed by atoms with E-state index in [4.69, 9.17) is 19.9 Å². The quantitative estimate of drug-likeness (QED) is 0.128. The standard InChI is InChI=1S/2C60H37N3/c1-3-17-38(18-4-1)60-62-57-35-41(31-32-58(57)63(60)42-21-5-2-6-22-42)51-37-56(54-34-40-20-8-10-24-44(40)46-26-12-14-28-48(46)54)61-59-50-30-16-15-29-49(50)53(36-55(51)59)52-33-39-19-7-9-23-43(39)45-25-11-13-27-47(45)52;1-2-16-39(17-3-1)60-62-56-28-14-15-29-58(56)63(60)42-32-30-38(31-33-42)51-37-57(54-35-41-19-5-7-21-44(41)46-23-9-11-25-48(46)54)61-59-50-27-13-12-26-49(50)53(36-55(51)59)52-34-40-18-4-6-20-43(40)45-22-8-10-24-47(45)52/h2*1-37H. The summed E-state index contributed by atoms with van der Waals surface area (Å²) in [6.45, 7) is 0. The molecule has 0 unspecified atom stereocenters. The Morgan fingerprint density at radius 2 is 0.444 bits per heavy atom. The molecule has 4 aromatic heterocycles. The molecule has 0 aliphatic carbocycles. The fourth-order valence-corrected chi connectivity index (χ4v) is 20.1. The number of rotatable bonds is 10. The largest absolute Gasteiger partial charge is 0.292 e. The first-order chi connectivity index (χ1) is 62.5. The summed E-state index contributed by atoms with van der Waals surface area (Å²) in [5.41, 5.74) is 23.6. The van der Waals surface area contributed by atoms with E-state index in [0.717, 1.165) is 134 Å². The lowest BCUT2D eigenvalue weighted by atomic mass is 9.87. The summed E-state index contributed by atoms with van der Waals surface area (Å²) in [7, 11) is 0. The molecule has 26 rings (SSSR count). The number of hydrogen-bond donors (Lipinski definition) is 0. The fraction of sp³-hybridized carbons (Fsp3) is 0. The van der Waals surface area contributed by atoms with E-state index in [2.05, 4.69) is 458 Å². The Kier molecular flexibility index (Phi) is 16.9. The van der Waals surface area contributed by atoms with Crippen LogP contribution >= 0.6 is 0 Å². The van der Waals surface area contributed by atoms with Crippen LogP contribution in [0.15, 0.2) is 449 Å². The van der Waals surface area contributed by atoms with Crippen molar-refractivity contribution < 1.29 is 0 Å². The second-order valence-electron chi connectivity index (χ2n) is 33.0. The summed E-state index contributed by atoms with van der Waals surface area (Å²) in [5, 5.41) is 26.5. The fourth-order valence-electron chi connectivity index (χ4n) is 20.1. The van der Waals surface area contributed by atoms with Crippen molar-refractivity contribution in [1.82, 2.24) is 29.1 Å². The zero-order valence-electron chi connectivity index (χ0n) is 68.4. The van der Waals surface area contributed by atoms with Crippen LogP contribution in [0.25, 0.3) is 253 Å². The molecule has 126 heavy (non-hydrogen) atoms. The van der Waals surface area contributed by atoms with Crippen LogP contribution in [0.3, 0.4) is 0 Å². The van der Waals surface area contributed by atoms with Gasteiger partial charge in [-0.15, -0.1) is 0 Å². The lowest BCUT2D eigenvalue weighted by molar-refractivity contribution is 1.10. The Bertz CT molecular complexity index is 8960. The van der Waals surface area contributed by atoms with Crippen molar-refractivity contribution in [2.24, 2.45) is 0 Å². The Hall–Kier alpha value is -16.8. The third-order valence-corrected chi connectivity index (χ3v) is 25.9. The van der Waals surface area contributed by atoms with Gasteiger partial charge in [0, 0.05) is 55.2 Å². The highest BCUT2D eigenvalue weighted by atomic mass is 15.1. The second-order valence-corrected chi connectivity index (χ2v) is 33.0. The number of para-hydroxylation sites is 3. The van der Waals surface area contributed by atoms with Crippen molar-refractivity contribution in [2.45, 2.75) is 0 Å². The summed E-state index contributed by atoms with van der Waals surface area (Å²) >= 11 is 0. The van der Waals surface area contributed by atoms with Crippen molar-refractivity contribution >= 4 is 152 Å². The van der Waals surface area contributed by atoms with Gasteiger partial charge in [0.25, 0.3) is 0 Å². The molecule has 0 saturated heterocycles. The zero-order valence-corrected chi connectivity index (χ0v) is 68.4. The van der Waals surface area contributed by atoms with Crippen LogP contribution in [0.5, 0.6) is 0 Å². The maximum atomic E-state index is 5.70. The molecule has 26 aromatic rings. The molecule has 6 nitrogen and oxygen atoms in total. The SMILES string of the molecule is c1ccc(-c2nc3cc(-c4cc(-c5cc6ccccc6c6ccccc56)nc5c4cc(-c4cc6ccccc6c6ccccc46)c4ccccc45)ccc3n2-c2ccccc2)cc1.c1ccc(-c2nc3ccccc3n2-c2ccc(-c3cc(-c4cc5ccccc5c5ccccc45)nc4c3cc(-c3cc5ccccc5c5ccccc35)c3ccccc34)cc2)cc1. The Morgan fingerprint density at radius 3 is 0.873 bits per heavy atom. The molecule has 6 heteroatoms. The molecule has 0 saturated carbocycles. The number of benzene rings is 22. The molecular weight excluding hydrogens is 1530 g/mol. The number of nitrogens with zero attached hydrogens (tertiary/aromatic N) is 6. The smallest absolute Gasteiger partial charge is 0.145 e. The van der Waals surface area contributed by atoms with Crippen LogP contribution in [0.2, 0.25) is 0 Å². The van der Waals surface area contributed by atoms with E-state index in [0.29, 0.717) is 0 Å². The van der Waals surface area contributed by atoms with Gasteiger partial charge in [-0.1, -0.05) is 352 Å². The van der Waals surface area contributed by atoms with E-state index in [-0.39, 0.29) is 0 Å². The molecule has 584 valence electrons. The van der Waals surface area contributed by atoms with E-state index >= 15 is 0 Å². The molecule has 4 heterocycles. The highest BCUT2D eigenvalue weighted by Gasteiger charge is 2.25. The number of hydrogen-bond acceptors (Lipinski definition) is 4. The molecule has 0 aliphatic heterocycles. The minimum Gasteiger partial charge on any atom is -0.292 e. The van der Waals surface area contributed by atoms with Crippen LogP contribution < -0.4 is 0 Å². The van der Waals surface area contributed by atoms with Gasteiger partial charge in [-0.25, -0.2) is 19.9 Å². The van der Waals surface area contributed by atoms with E-state index < -0.39 is 0 Å². The summed E-state index contributed by atoms with van der Waals surface area (Å²) in [6.07, 6.45) is 0. The van der Waals surface area contributed by atoms with Gasteiger partial charge in [-0.2, -0.15) is 0 Å². The predicted molar refractivity (Wildman–Crippen MR) is 531 cm³/mol. The lowest BCUT2D eigenvalue weighted by Gasteiger charge is -2.18. The van der Waals surface area contributed by atoms with E-state index in [1.54, 1.807) is 0 Å². The molecule has 0 radical (unpaired) electrons. The highest BCUT2D eigenvalue weighted by molar-refractivity contribution is 6.25. The first-order valence-electron chi connectivity index (χ1n) is 43.1. The number of pyridine rings is 2. The van der Waals surface area contributed by atoms with Crippen molar-refractivity contribution in [3.63, 3.8) is 0 Å². The van der Waals surface area contributed by atoms with Crippen LogP contribution in [0.1, 0.15) is 0 Å². The van der Waals surface area contributed by atoms with E-state index in [9.17, 15) is 0 Å². The maximum absolute atomic E-state index is 5.70. The molecule has 0 spiro atoms. The van der Waals surface area contributed by atoms with E-state index in [1.807, 2.05) is 0 Å². The summed E-state index contributed by atoms with van der Waals surface area (Å²) in [6, 6.07) is 162. The third kappa shape index (κ3) is 11.9. The number of aromatic nitrogens is 6. The van der Waals surface area contributed by atoms with Crippen LogP contribution in [-0.4, -0.2) is 29.1 Å². The van der Waals surface area contributed by atoms with Crippen molar-refractivity contribution in [3.05, 3.63) is 449 Å². The van der Waals surface area contributed by atoms with Gasteiger partial charge in [0.2, 0.25) is 0 Å². The van der Waals surface area contributed by atoms with Gasteiger partial charge in [0.1, 0.15) is 11.6 Å². The van der Waals surface area contributed by atoms with Gasteiger partial charge in [-0.05, 0) is 239 Å². The minimum absolute atomic E-state index is 0.910. The maximum Gasteiger partial charge on any atom is 0.145 e. The average molecular weight is 1600 g/mol. The molecule has 0 bridgehead atoms. The first-order valence-corrected chi connectivity index (χ1v) is 43.1. The van der Waals surface area contributed by atoms with Crippen molar-refractivity contribution in [2.75, 3.05) is 0 Å². The van der Waals surface area contributed by atoms with E-state index in [1.165, 1.54) is 119 Å². The van der Waals surface area contributed by atoms with Gasteiger partial charge >= 0.3 is 0 Å². The molecular formula is C120H74N6. The molecule has 0 aliphatic rings. The van der Waals surface area contributed by atoms with Crippen molar-refractivity contribution in [3.8, 4) is 101 Å². The molecule has 0 amide bonds. The number of fused-ring (bicyclic) bond motifs is 20. The predicted octanol–water partition coefficient (Wildman–Crippen LogP) is 32.0. The van der Waals surface area contributed by atoms with Crippen LogP contribution in [0, 0.1) is 0 Å². The highest BCUT2D eigenvalue weighted by Crippen LogP contribution is 2.49. The third-order valence-electron chi connectivity index (χ3n) is 25.9. The minimum atomic E-state index is 0.910. The summed E-state index contributed by atoms with van der Waals surface area (Å²) in [5.74, 6) is 1.83. The Balaban J connectivity index is 0.000000137. The van der Waals surface area contributed by atoms with Gasteiger partial charge < -0.3 is 0 Å². The normalized spacial score (nSPS) is 11.8. The molecule has 0 N–H and O–H groups in total. The Morgan fingerprint density at radius 1 is 0.151 bits per heavy atom. The molecule has 22 aromatic carbocycles. The van der Waals surface area contributed by atoms with Gasteiger partial charge in [0.15, 0.2) is 0 Å². The van der Waals surface area contributed by atoms with Gasteiger partial charge in [-0.3, -0.25) is 9.13 Å². The first kappa shape index (κ1) is 72.1. The molecule has 0 fully saturated rings. The molecule has 0 atom stereocenters. The summed E-state index contributed by atoms with van der Waals surface area (Å²) in [4.78, 5) is 21.9. The Labute approximate surface area is 725 Å². The van der Waals surface area contributed by atoms with Crippen LogP contribution in [0.4, 0.5) is 0 Å². The van der Waals surface area contributed by atoms with Crippen molar-refractivity contribution in [1.29, 1.82) is 0 Å². The van der Waals surface area contributed by atoms with Gasteiger partial charge in [0.05, 0.1) is 44.5 Å². The average Bonchev–Trinajstić information content (AvgIpc) is 0.950.